The first-order valence-electron chi connectivity index (χ1n) is 5.66. The minimum absolute atomic E-state index is 0.102. The zero-order valence-electron chi connectivity index (χ0n) is 9.79. The Balaban J connectivity index is 2.65. The van der Waals surface area contributed by atoms with E-state index in [9.17, 15) is 5.11 Å². The van der Waals surface area contributed by atoms with E-state index in [1.165, 1.54) is 9.75 Å². The van der Waals surface area contributed by atoms with E-state index >= 15 is 0 Å². The Hall–Kier alpha value is -0.380. The summed E-state index contributed by atoms with van der Waals surface area (Å²) in [5, 5.41) is 12.8. The van der Waals surface area contributed by atoms with Crippen molar-refractivity contribution >= 4 is 11.3 Å². The van der Waals surface area contributed by atoms with Crippen molar-refractivity contribution in [1.29, 1.82) is 0 Å². The van der Waals surface area contributed by atoms with Crippen LogP contribution >= 0.6 is 11.3 Å². The highest BCUT2D eigenvalue weighted by Crippen LogP contribution is 2.24. The van der Waals surface area contributed by atoms with Crippen LogP contribution < -0.4 is 5.32 Å². The zero-order chi connectivity index (χ0) is 11.3. The van der Waals surface area contributed by atoms with Gasteiger partial charge in [-0.3, -0.25) is 0 Å². The van der Waals surface area contributed by atoms with Crippen molar-refractivity contribution in [3.63, 3.8) is 0 Å². The van der Waals surface area contributed by atoms with Crippen molar-refractivity contribution in [2.24, 2.45) is 0 Å². The minimum atomic E-state index is 0.102. The Morgan fingerprint density at radius 2 is 2.13 bits per heavy atom. The van der Waals surface area contributed by atoms with Crippen LogP contribution in [0, 0.1) is 0 Å². The predicted molar refractivity (Wildman–Crippen MR) is 66.4 cm³/mol. The van der Waals surface area contributed by atoms with Crippen LogP contribution in [0.1, 0.15) is 43.0 Å². The molecule has 3 heteroatoms. The van der Waals surface area contributed by atoms with Gasteiger partial charge in [0, 0.05) is 15.8 Å². The number of nitrogens with one attached hydrogen (secondary N) is 1. The molecular formula is C12H21NOS. The molecule has 2 atom stereocenters. The Kier molecular flexibility index (Phi) is 5.29. The highest BCUT2D eigenvalue weighted by atomic mass is 32.1. The number of rotatable bonds is 6. The average Bonchev–Trinajstić information content (AvgIpc) is 2.73. The Morgan fingerprint density at radius 1 is 1.40 bits per heavy atom. The largest absolute Gasteiger partial charge is 0.394 e. The molecule has 0 aliphatic rings. The summed E-state index contributed by atoms with van der Waals surface area (Å²) in [5.74, 6) is 0. The molecule has 15 heavy (non-hydrogen) atoms. The SMILES string of the molecule is CCc1ccc(C(CO)NC(C)CC)s1. The Labute approximate surface area is 96.3 Å². The van der Waals surface area contributed by atoms with E-state index in [4.69, 9.17) is 0 Å². The highest BCUT2D eigenvalue weighted by Gasteiger charge is 2.14. The Bertz CT molecular complexity index is 285. The number of aliphatic hydroxyl groups excluding tert-OH is 1. The van der Waals surface area contributed by atoms with Crippen LogP contribution in [-0.2, 0) is 6.42 Å². The van der Waals surface area contributed by atoms with Crippen LogP contribution in [0.5, 0.6) is 0 Å². The van der Waals surface area contributed by atoms with Crippen LogP contribution in [0.25, 0.3) is 0 Å². The molecule has 0 aliphatic heterocycles. The van der Waals surface area contributed by atoms with Crippen molar-refractivity contribution < 1.29 is 5.11 Å². The van der Waals surface area contributed by atoms with Gasteiger partial charge in [-0.05, 0) is 31.9 Å². The summed E-state index contributed by atoms with van der Waals surface area (Å²) in [6.45, 7) is 6.63. The standard InChI is InChI=1S/C12H21NOS/c1-4-9(3)13-11(8-14)12-7-6-10(5-2)15-12/h6-7,9,11,13-14H,4-5,8H2,1-3H3. The normalized spacial score (nSPS) is 15.2. The summed E-state index contributed by atoms with van der Waals surface area (Å²) in [5.41, 5.74) is 0. The first-order chi connectivity index (χ1) is 7.21. The van der Waals surface area contributed by atoms with Gasteiger partial charge in [0.05, 0.1) is 12.6 Å². The van der Waals surface area contributed by atoms with Crippen molar-refractivity contribution in [1.82, 2.24) is 5.32 Å². The van der Waals surface area contributed by atoms with Gasteiger partial charge in [-0.2, -0.15) is 0 Å². The monoisotopic (exact) mass is 227 g/mol. The number of aliphatic hydroxyl groups is 1. The first-order valence-corrected chi connectivity index (χ1v) is 6.48. The third-order valence-corrected chi connectivity index (χ3v) is 4.00. The molecule has 0 fully saturated rings. The molecule has 0 amide bonds. The second kappa shape index (κ2) is 6.26. The summed E-state index contributed by atoms with van der Waals surface area (Å²) in [4.78, 5) is 2.63. The van der Waals surface area contributed by atoms with Crippen molar-refractivity contribution in [2.75, 3.05) is 6.61 Å². The Morgan fingerprint density at radius 3 is 2.60 bits per heavy atom. The van der Waals surface area contributed by atoms with Gasteiger partial charge >= 0.3 is 0 Å². The number of hydrogen-bond acceptors (Lipinski definition) is 3. The molecule has 0 aromatic carbocycles. The molecule has 0 saturated heterocycles. The van der Waals surface area contributed by atoms with Gasteiger partial charge in [-0.15, -0.1) is 11.3 Å². The van der Waals surface area contributed by atoms with Gasteiger partial charge in [0.15, 0.2) is 0 Å². The van der Waals surface area contributed by atoms with Crippen LogP contribution in [-0.4, -0.2) is 17.8 Å². The fraction of sp³-hybridized carbons (Fsp3) is 0.667. The topological polar surface area (TPSA) is 32.3 Å². The predicted octanol–water partition coefficient (Wildman–Crippen LogP) is 2.73. The van der Waals surface area contributed by atoms with Gasteiger partial charge in [-0.1, -0.05) is 13.8 Å². The second-order valence-corrected chi connectivity index (χ2v) is 5.07. The van der Waals surface area contributed by atoms with E-state index in [0.29, 0.717) is 6.04 Å². The lowest BCUT2D eigenvalue weighted by Crippen LogP contribution is -2.31. The number of aryl methyl sites for hydroxylation is 1. The van der Waals surface area contributed by atoms with E-state index in [2.05, 4.69) is 38.2 Å². The molecule has 1 rings (SSSR count). The molecule has 2 nitrogen and oxygen atoms in total. The van der Waals surface area contributed by atoms with E-state index < -0.39 is 0 Å². The third-order valence-electron chi connectivity index (χ3n) is 2.65. The lowest BCUT2D eigenvalue weighted by molar-refractivity contribution is 0.236. The fourth-order valence-electron chi connectivity index (χ4n) is 1.46. The molecule has 1 heterocycles. The summed E-state index contributed by atoms with van der Waals surface area (Å²) in [7, 11) is 0. The molecule has 1 aromatic rings. The van der Waals surface area contributed by atoms with Gasteiger partial charge in [0.2, 0.25) is 0 Å². The summed E-state index contributed by atoms with van der Waals surface area (Å²) >= 11 is 1.80. The smallest absolute Gasteiger partial charge is 0.0651 e. The molecule has 2 unspecified atom stereocenters. The van der Waals surface area contributed by atoms with Crippen molar-refractivity contribution in [2.45, 2.75) is 45.7 Å². The maximum absolute atomic E-state index is 9.35. The molecule has 2 N–H and O–H groups in total. The van der Waals surface area contributed by atoms with Gasteiger partial charge in [0.1, 0.15) is 0 Å². The van der Waals surface area contributed by atoms with Crippen molar-refractivity contribution in [3.05, 3.63) is 21.9 Å². The van der Waals surface area contributed by atoms with E-state index in [1.807, 2.05) is 0 Å². The van der Waals surface area contributed by atoms with E-state index in [0.717, 1.165) is 12.8 Å². The molecule has 0 radical (unpaired) electrons. The number of hydrogen-bond donors (Lipinski definition) is 2. The van der Waals surface area contributed by atoms with E-state index in [-0.39, 0.29) is 12.6 Å². The molecular weight excluding hydrogens is 206 g/mol. The third kappa shape index (κ3) is 3.59. The number of thiophene rings is 1. The fourth-order valence-corrected chi connectivity index (χ4v) is 2.46. The first kappa shape index (κ1) is 12.7. The maximum Gasteiger partial charge on any atom is 0.0651 e. The highest BCUT2D eigenvalue weighted by molar-refractivity contribution is 7.12. The lowest BCUT2D eigenvalue weighted by atomic mass is 10.2. The van der Waals surface area contributed by atoms with Crippen LogP contribution in [0.3, 0.4) is 0 Å². The van der Waals surface area contributed by atoms with Crippen LogP contribution in [0.2, 0.25) is 0 Å². The van der Waals surface area contributed by atoms with Gasteiger partial charge in [0.25, 0.3) is 0 Å². The van der Waals surface area contributed by atoms with Gasteiger partial charge in [-0.25, -0.2) is 0 Å². The molecule has 0 aliphatic carbocycles. The molecule has 86 valence electrons. The second-order valence-electron chi connectivity index (χ2n) is 3.87. The molecule has 0 saturated carbocycles. The zero-order valence-corrected chi connectivity index (χ0v) is 10.6. The molecule has 0 bridgehead atoms. The van der Waals surface area contributed by atoms with E-state index in [1.54, 1.807) is 11.3 Å². The molecule has 1 aromatic heterocycles. The lowest BCUT2D eigenvalue weighted by Gasteiger charge is -2.19. The van der Waals surface area contributed by atoms with Gasteiger partial charge < -0.3 is 10.4 Å². The maximum atomic E-state index is 9.35. The van der Waals surface area contributed by atoms with Crippen molar-refractivity contribution in [3.8, 4) is 0 Å². The quantitative estimate of drug-likeness (QED) is 0.783. The van der Waals surface area contributed by atoms with Crippen LogP contribution in [0.4, 0.5) is 0 Å². The average molecular weight is 227 g/mol. The van der Waals surface area contributed by atoms with Crippen LogP contribution in [0.15, 0.2) is 12.1 Å². The minimum Gasteiger partial charge on any atom is -0.394 e. The summed E-state index contributed by atoms with van der Waals surface area (Å²) < 4.78 is 0. The molecule has 0 spiro atoms. The summed E-state index contributed by atoms with van der Waals surface area (Å²) in [6.07, 6.45) is 2.16. The summed E-state index contributed by atoms with van der Waals surface area (Å²) in [6, 6.07) is 4.83.